The van der Waals surface area contributed by atoms with Crippen LogP contribution < -0.4 is 10.9 Å². The largest absolute Gasteiger partial charge is 0.326 e. The molecule has 2 N–H and O–H groups in total. The number of unbranched alkanes of at least 4 members (excludes halogenated alkanes) is 1. The summed E-state index contributed by atoms with van der Waals surface area (Å²) in [5.41, 5.74) is 5.15. The molecule has 0 spiro atoms. The van der Waals surface area contributed by atoms with Gasteiger partial charge in [-0.05, 0) is 56.9 Å². The minimum absolute atomic E-state index is 0.00478. The van der Waals surface area contributed by atoms with Crippen LogP contribution in [-0.2, 0) is 12.0 Å². The standard InChI is InChI=1S/C19H26N2O/c1-4-6-9-20-19-12-13(3)10-14(15(19)5-2)11-17-16(19)7-8-18(22)21-17/h5,7-8,10,14,20H,4,6,9,11-12H2,1-3H3,(H,21,22)/b15-5+/t14-,19+/m0/s1. The van der Waals surface area contributed by atoms with E-state index < -0.39 is 0 Å². The Hall–Kier alpha value is -1.61. The van der Waals surface area contributed by atoms with Gasteiger partial charge in [-0.25, -0.2) is 0 Å². The molecule has 1 aromatic rings. The summed E-state index contributed by atoms with van der Waals surface area (Å²) in [6.07, 6.45) is 8.91. The fourth-order valence-corrected chi connectivity index (χ4v) is 4.25. The van der Waals surface area contributed by atoms with Crippen LogP contribution >= 0.6 is 0 Å². The van der Waals surface area contributed by atoms with Gasteiger partial charge in [0.1, 0.15) is 0 Å². The second-order valence-corrected chi connectivity index (χ2v) is 6.64. The first-order chi connectivity index (χ1) is 10.6. The lowest BCUT2D eigenvalue weighted by Crippen LogP contribution is -2.52. The molecule has 3 rings (SSSR count). The highest BCUT2D eigenvalue weighted by atomic mass is 16.1. The molecule has 0 saturated carbocycles. The Labute approximate surface area is 132 Å². The molecule has 2 atom stereocenters. The fourth-order valence-electron chi connectivity index (χ4n) is 4.25. The number of hydrogen-bond acceptors (Lipinski definition) is 2. The van der Waals surface area contributed by atoms with Gasteiger partial charge in [0.25, 0.3) is 0 Å². The van der Waals surface area contributed by atoms with Crippen molar-refractivity contribution in [1.82, 2.24) is 10.3 Å². The van der Waals surface area contributed by atoms with Crippen molar-refractivity contribution in [1.29, 1.82) is 0 Å². The lowest BCUT2D eigenvalue weighted by Gasteiger charge is -2.48. The smallest absolute Gasteiger partial charge is 0.248 e. The van der Waals surface area contributed by atoms with E-state index >= 15 is 0 Å². The second kappa shape index (κ2) is 5.88. The second-order valence-electron chi connectivity index (χ2n) is 6.64. The Bertz CT molecular complexity index is 683. The summed E-state index contributed by atoms with van der Waals surface area (Å²) in [5.74, 6) is 0.401. The van der Waals surface area contributed by atoms with Crippen LogP contribution in [0.3, 0.4) is 0 Å². The zero-order valence-electron chi connectivity index (χ0n) is 13.8. The van der Waals surface area contributed by atoms with Crippen molar-refractivity contribution in [3.05, 3.63) is 57.0 Å². The number of fused-ring (bicyclic) bond motifs is 4. The van der Waals surface area contributed by atoms with E-state index in [-0.39, 0.29) is 11.1 Å². The zero-order chi connectivity index (χ0) is 15.7. The predicted octanol–water partition coefficient (Wildman–Crippen LogP) is 3.43. The summed E-state index contributed by atoms with van der Waals surface area (Å²) in [4.78, 5) is 14.8. The van der Waals surface area contributed by atoms with Crippen molar-refractivity contribution in [2.24, 2.45) is 5.92 Å². The molecule has 2 bridgehead atoms. The molecule has 0 aliphatic heterocycles. The van der Waals surface area contributed by atoms with Crippen LogP contribution in [0.2, 0.25) is 0 Å². The number of aromatic amines is 1. The van der Waals surface area contributed by atoms with Gasteiger partial charge in [-0.3, -0.25) is 4.79 Å². The van der Waals surface area contributed by atoms with Crippen LogP contribution in [0.1, 0.15) is 51.3 Å². The van der Waals surface area contributed by atoms with Gasteiger partial charge >= 0.3 is 0 Å². The molecule has 3 heteroatoms. The quantitative estimate of drug-likeness (QED) is 0.661. The molecule has 0 unspecified atom stereocenters. The first kappa shape index (κ1) is 15.3. The van der Waals surface area contributed by atoms with Crippen molar-refractivity contribution in [3.63, 3.8) is 0 Å². The average Bonchev–Trinajstić information content (AvgIpc) is 2.46. The monoisotopic (exact) mass is 298 g/mol. The minimum atomic E-state index is -0.134. The molecular formula is C19H26N2O. The maximum Gasteiger partial charge on any atom is 0.248 e. The van der Waals surface area contributed by atoms with Crippen LogP contribution in [0.25, 0.3) is 0 Å². The maximum absolute atomic E-state index is 11.7. The predicted molar refractivity (Wildman–Crippen MR) is 91.0 cm³/mol. The number of rotatable bonds is 4. The molecule has 1 heterocycles. The van der Waals surface area contributed by atoms with Crippen molar-refractivity contribution in [3.8, 4) is 0 Å². The molecule has 22 heavy (non-hydrogen) atoms. The molecule has 0 amide bonds. The van der Waals surface area contributed by atoms with Gasteiger partial charge in [0.05, 0.1) is 5.54 Å². The molecule has 0 saturated heterocycles. The van der Waals surface area contributed by atoms with Crippen molar-refractivity contribution in [2.45, 2.75) is 52.0 Å². The van der Waals surface area contributed by atoms with Crippen LogP contribution in [-0.4, -0.2) is 11.5 Å². The van der Waals surface area contributed by atoms with E-state index in [1.54, 1.807) is 6.07 Å². The number of aromatic nitrogens is 1. The Morgan fingerprint density at radius 2 is 2.27 bits per heavy atom. The SMILES string of the molecule is C/C=C1\[C@H]2C=C(C)C[C@]1(NCCCC)c1ccc(=O)[nH]c1C2. The molecule has 0 aromatic carbocycles. The Kier molecular flexibility index (Phi) is 4.09. The third kappa shape index (κ3) is 2.38. The Balaban J connectivity index is 2.14. The summed E-state index contributed by atoms with van der Waals surface area (Å²) in [6, 6.07) is 3.70. The van der Waals surface area contributed by atoms with Crippen molar-refractivity contribution >= 4 is 0 Å². The molecule has 1 aromatic heterocycles. The molecule has 0 fully saturated rings. The molecule has 0 radical (unpaired) electrons. The highest BCUT2D eigenvalue weighted by Gasteiger charge is 2.46. The zero-order valence-corrected chi connectivity index (χ0v) is 13.8. The third-order valence-electron chi connectivity index (χ3n) is 5.07. The average molecular weight is 298 g/mol. The summed E-state index contributed by atoms with van der Waals surface area (Å²) < 4.78 is 0. The van der Waals surface area contributed by atoms with E-state index in [4.69, 9.17) is 0 Å². The molecule has 2 aliphatic carbocycles. The summed E-state index contributed by atoms with van der Waals surface area (Å²) in [6.45, 7) is 7.60. The third-order valence-corrected chi connectivity index (χ3v) is 5.07. The first-order valence-electron chi connectivity index (χ1n) is 8.42. The van der Waals surface area contributed by atoms with Gasteiger partial charge < -0.3 is 10.3 Å². The molecule has 118 valence electrons. The number of hydrogen-bond donors (Lipinski definition) is 2. The first-order valence-corrected chi connectivity index (χ1v) is 8.42. The van der Waals surface area contributed by atoms with Crippen LogP contribution in [0.4, 0.5) is 0 Å². The number of nitrogens with one attached hydrogen (secondary N) is 2. The lowest BCUT2D eigenvalue weighted by molar-refractivity contribution is 0.321. The number of H-pyrrole nitrogens is 1. The van der Waals surface area contributed by atoms with Crippen molar-refractivity contribution in [2.75, 3.05) is 6.54 Å². The van der Waals surface area contributed by atoms with Crippen LogP contribution in [0.15, 0.2) is 40.2 Å². The van der Waals surface area contributed by atoms with E-state index in [1.807, 2.05) is 6.07 Å². The van der Waals surface area contributed by atoms with Crippen LogP contribution in [0, 0.1) is 5.92 Å². The normalized spacial score (nSPS) is 28.4. The highest BCUT2D eigenvalue weighted by molar-refractivity contribution is 5.49. The van der Waals surface area contributed by atoms with E-state index in [1.165, 1.54) is 29.6 Å². The molecule has 3 nitrogen and oxygen atoms in total. The van der Waals surface area contributed by atoms with Gasteiger partial charge in [0, 0.05) is 17.7 Å². The Morgan fingerprint density at radius 3 is 3.00 bits per heavy atom. The van der Waals surface area contributed by atoms with Gasteiger partial charge in [-0.2, -0.15) is 0 Å². The summed E-state index contributed by atoms with van der Waals surface area (Å²) >= 11 is 0. The maximum atomic E-state index is 11.7. The van der Waals surface area contributed by atoms with E-state index in [0.29, 0.717) is 5.92 Å². The number of pyridine rings is 1. The molecule has 2 aliphatic rings. The summed E-state index contributed by atoms with van der Waals surface area (Å²) in [5, 5.41) is 3.84. The van der Waals surface area contributed by atoms with Gasteiger partial charge in [0.2, 0.25) is 5.56 Å². The fraction of sp³-hybridized carbons (Fsp3) is 0.526. The van der Waals surface area contributed by atoms with E-state index in [9.17, 15) is 4.79 Å². The molecular weight excluding hydrogens is 272 g/mol. The minimum Gasteiger partial charge on any atom is -0.326 e. The number of allylic oxidation sites excluding steroid dienone is 2. The van der Waals surface area contributed by atoms with Gasteiger partial charge in [0.15, 0.2) is 0 Å². The topological polar surface area (TPSA) is 44.9 Å². The van der Waals surface area contributed by atoms with E-state index in [2.05, 4.69) is 43.2 Å². The van der Waals surface area contributed by atoms with Gasteiger partial charge in [-0.15, -0.1) is 0 Å². The van der Waals surface area contributed by atoms with Crippen molar-refractivity contribution < 1.29 is 0 Å². The Morgan fingerprint density at radius 1 is 1.45 bits per heavy atom. The van der Waals surface area contributed by atoms with E-state index in [0.717, 1.165) is 25.1 Å². The van der Waals surface area contributed by atoms with Gasteiger partial charge in [-0.1, -0.05) is 31.1 Å². The summed E-state index contributed by atoms with van der Waals surface area (Å²) in [7, 11) is 0. The lowest BCUT2D eigenvalue weighted by atomic mass is 9.63. The van der Waals surface area contributed by atoms with Crippen LogP contribution in [0.5, 0.6) is 0 Å². The highest BCUT2D eigenvalue weighted by Crippen LogP contribution is 2.49.